The van der Waals surface area contributed by atoms with E-state index in [1.54, 1.807) is 16.4 Å². The monoisotopic (exact) mass is 440 g/mol. The Balaban J connectivity index is 1.43. The Bertz CT molecular complexity index is 851. The summed E-state index contributed by atoms with van der Waals surface area (Å²) < 4.78 is 39.0. The molecule has 170 valence electrons. The second kappa shape index (κ2) is 7.98. The molecule has 2 saturated heterocycles. The predicted octanol–water partition coefficient (Wildman–Crippen LogP) is 1.96. The van der Waals surface area contributed by atoms with E-state index in [0.717, 1.165) is 31.5 Å². The zero-order chi connectivity index (χ0) is 22.4. The van der Waals surface area contributed by atoms with Gasteiger partial charge in [-0.05, 0) is 49.9 Å². The van der Waals surface area contributed by atoms with E-state index in [9.17, 15) is 28.0 Å². The minimum Gasteiger partial charge on any atom is -0.368 e. The summed E-state index contributed by atoms with van der Waals surface area (Å²) in [6.07, 6.45) is -1.79. The average molecular weight is 440 g/mol. The smallest absolute Gasteiger partial charge is 0.368 e. The molecule has 0 bridgehead atoms. The Kier molecular flexibility index (Phi) is 5.63. The van der Waals surface area contributed by atoms with Crippen LogP contribution in [-0.4, -0.2) is 72.6 Å². The molecule has 2 heterocycles. The van der Waals surface area contributed by atoms with Crippen LogP contribution >= 0.6 is 0 Å². The van der Waals surface area contributed by atoms with E-state index in [-0.39, 0.29) is 11.3 Å². The van der Waals surface area contributed by atoms with E-state index >= 15 is 0 Å². The molecule has 3 fully saturated rings. The van der Waals surface area contributed by atoms with Crippen molar-refractivity contribution in [1.82, 2.24) is 15.3 Å². The van der Waals surface area contributed by atoms with Crippen molar-refractivity contribution >= 4 is 17.5 Å². The number of likely N-dealkylation sites (tertiary alicyclic amines) is 1. The van der Waals surface area contributed by atoms with Crippen molar-refractivity contribution in [3.63, 3.8) is 0 Å². The summed E-state index contributed by atoms with van der Waals surface area (Å²) in [5.41, 5.74) is 1.56. The molecule has 1 saturated carbocycles. The van der Waals surface area contributed by atoms with Gasteiger partial charge >= 0.3 is 6.18 Å². The number of hydroxylamine groups is 1. The third-order valence-electron chi connectivity index (χ3n) is 6.88. The number of amides is 2. The number of hydrogen-bond acceptors (Lipinski definition) is 5. The van der Waals surface area contributed by atoms with Crippen LogP contribution in [-0.2, 0) is 15.8 Å². The summed E-state index contributed by atoms with van der Waals surface area (Å²) in [6.45, 7) is 2.27. The number of piperazine rings is 1. The van der Waals surface area contributed by atoms with Crippen LogP contribution in [0.4, 0.5) is 18.9 Å². The molecule has 4 rings (SSSR count). The average Bonchev–Trinajstić information content (AvgIpc) is 3.50. The number of alkyl halides is 3. The van der Waals surface area contributed by atoms with Gasteiger partial charge in [0.15, 0.2) is 0 Å². The van der Waals surface area contributed by atoms with E-state index in [4.69, 9.17) is 0 Å². The molecule has 1 aromatic carbocycles. The van der Waals surface area contributed by atoms with Gasteiger partial charge in [0.25, 0.3) is 0 Å². The molecule has 0 unspecified atom stereocenters. The Morgan fingerprint density at radius 2 is 1.84 bits per heavy atom. The molecule has 1 aromatic rings. The Labute approximate surface area is 178 Å². The summed E-state index contributed by atoms with van der Waals surface area (Å²) >= 11 is 0. The number of nitrogens with one attached hydrogen (secondary N) is 1. The summed E-state index contributed by atoms with van der Waals surface area (Å²) in [6, 6.07) is 4.54. The maximum absolute atomic E-state index is 13.3. The zero-order valence-electron chi connectivity index (χ0n) is 17.4. The highest BCUT2D eigenvalue weighted by molar-refractivity contribution is 5.90. The first-order valence-corrected chi connectivity index (χ1v) is 10.5. The van der Waals surface area contributed by atoms with Crippen LogP contribution in [0.15, 0.2) is 24.3 Å². The predicted molar refractivity (Wildman–Crippen MR) is 106 cm³/mol. The molecule has 2 aliphatic heterocycles. The zero-order valence-corrected chi connectivity index (χ0v) is 17.4. The summed E-state index contributed by atoms with van der Waals surface area (Å²) in [5, 5.41) is 9.18. The van der Waals surface area contributed by atoms with Gasteiger partial charge in [-0.25, -0.2) is 5.48 Å². The van der Waals surface area contributed by atoms with Crippen LogP contribution < -0.4 is 10.4 Å². The first-order valence-electron chi connectivity index (χ1n) is 10.5. The van der Waals surface area contributed by atoms with E-state index in [1.165, 1.54) is 6.07 Å². The number of nitrogens with zero attached hydrogens (tertiary/aromatic N) is 3. The Morgan fingerprint density at radius 3 is 2.42 bits per heavy atom. The number of halogens is 3. The van der Waals surface area contributed by atoms with Crippen molar-refractivity contribution in [3.8, 4) is 0 Å². The fraction of sp³-hybridized carbons (Fsp3) is 0.619. The van der Waals surface area contributed by atoms with Crippen LogP contribution in [0, 0.1) is 11.3 Å². The fourth-order valence-corrected chi connectivity index (χ4v) is 5.05. The van der Waals surface area contributed by atoms with E-state index in [2.05, 4.69) is 0 Å². The molecular formula is C21H27F3N4O3. The van der Waals surface area contributed by atoms with Crippen molar-refractivity contribution in [1.29, 1.82) is 0 Å². The molecule has 1 aliphatic carbocycles. The molecule has 7 nitrogen and oxygen atoms in total. The second-order valence-corrected chi connectivity index (χ2v) is 9.01. The summed E-state index contributed by atoms with van der Waals surface area (Å²) in [5.74, 6) is -1.34. The van der Waals surface area contributed by atoms with Crippen molar-refractivity contribution in [2.45, 2.75) is 31.5 Å². The molecular weight excluding hydrogens is 413 g/mol. The molecule has 1 spiro atoms. The highest BCUT2D eigenvalue weighted by atomic mass is 19.4. The summed E-state index contributed by atoms with van der Waals surface area (Å²) in [4.78, 5) is 31.0. The number of benzene rings is 1. The van der Waals surface area contributed by atoms with Crippen molar-refractivity contribution in [3.05, 3.63) is 29.8 Å². The lowest BCUT2D eigenvalue weighted by atomic mass is 9.80. The van der Waals surface area contributed by atoms with Gasteiger partial charge in [0.05, 0.1) is 11.5 Å². The second-order valence-electron chi connectivity index (χ2n) is 9.01. The van der Waals surface area contributed by atoms with Crippen LogP contribution in [0.2, 0.25) is 0 Å². The number of hydrogen-bond donors (Lipinski definition) is 2. The maximum Gasteiger partial charge on any atom is 0.416 e. The molecule has 0 radical (unpaired) electrons. The number of rotatable bonds is 3. The number of carbonyl (C=O) groups excluding carboxylic acids is 2. The quantitative estimate of drug-likeness (QED) is 0.555. The SMILES string of the molecule is CN1CC2(CC2)C[C@H](C(=O)NO)[C@H]1C(=O)N1CCN(c2cccc(C(F)(F)F)c2)CC1. The molecule has 2 atom stereocenters. The lowest BCUT2D eigenvalue weighted by Gasteiger charge is -2.45. The molecule has 2 amide bonds. The van der Waals surface area contributed by atoms with Crippen LogP contribution in [0.3, 0.4) is 0 Å². The van der Waals surface area contributed by atoms with E-state index in [1.807, 2.05) is 16.8 Å². The van der Waals surface area contributed by atoms with Gasteiger partial charge in [0.2, 0.25) is 11.8 Å². The molecule has 0 aromatic heterocycles. The van der Waals surface area contributed by atoms with Crippen molar-refractivity contribution in [2.75, 3.05) is 44.7 Å². The molecule has 31 heavy (non-hydrogen) atoms. The van der Waals surface area contributed by atoms with Crippen LogP contribution in [0.1, 0.15) is 24.8 Å². The standard InChI is InChI=1S/C21H27F3N4O3/c1-26-13-20(5-6-20)12-16(18(29)25-31)17(26)19(30)28-9-7-27(8-10-28)15-4-2-3-14(11-15)21(22,23)24/h2-4,11,16-17,31H,5-10,12-13H2,1H3,(H,25,29)/t16-,17-/m0/s1. The Hall–Kier alpha value is -2.33. The lowest BCUT2D eigenvalue weighted by Crippen LogP contribution is -2.61. The number of carbonyl (C=O) groups is 2. The minimum absolute atomic E-state index is 0.0604. The van der Waals surface area contributed by atoms with Crippen LogP contribution in [0.5, 0.6) is 0 Å². The first-order chi connectivity index (χ1) is 14.6. The normalized spacial score (nSPS) is 26.1. The van der Waals surface area contributed by atoms with Gasteiger partial charge < -0.3 is 9.80 Å². The third kappa shape index (κ3) is 4.36. The molecule has 2 N–H and O–H groups in total. The Morgan fingerprint density at radius 1 is 1.16 bits per heavy atom. The van der Waals surface area contributed by atoms with Crippen LogP contribution in [0.25, 0.3) is 0 Å². The maximum atomic E-state index is 13.3. The van der Waals surface area contributed by atoms with Gasteiger partial charge in [-0.15, -0.1) is 0 Å². The fourth-order valence-electron chi connectivity index (χ4n) is 5.05. The van der Waals surface area contributed by atoms with Crippen molar-refractivity contribution in [2.24, 2.45) is 11.3 Å². The largest absolute Gasteiger partial charge is 0.416 e. The number of anilines is 1. The number of likely N-dealkylation sites (N-methyl/N-ethyl adjacent to an activating group) is 1. The van der Waals surface area contributed by atoms with Gasteiger partial charge in [-0.3, -0.25) is 19.7 Å². The topological polar surface area (TPSA) is 76.1 Å². The first kappa shape index (κ1) is 21.9. The third-order valence-corrected chi connectivity index (χ3v) is 6.88. The van der Waals surface area contributed by atoms with E-state index in [0.29, 0.717) is 38.3 Å². The summed E-state index contributed by atoms with van der Waals surface area (Å²) in [7, 11) is 1.83. The lowest BCUT2D eigenvalue weighted by molar-refractivity contribution is -0.150. The van der Waals surface area contributed by atoms with Gasteiger partial charge in [-0.1, -0.05) is 6.07 Å². The van der Waals surface area contributed by atoms with Gasteiger partial charge in [0, 0.05) is 38.4 Å². The number of piperidine rings is 1. The van der Waals surface area contributed by atoms with E-state index < -0.39 is 29.6 Å². The molecule has 3 aliphatic rings. The highest BCUT2D eigenvalue weighted by Crippen LogP contribution is 2.54. The minimum atomic E-state index is -4.40. The molecule has 10 heteroatoms. The highest BCUT2D eigenvalue weighted by Gasteiger charge is 2.55. The van der Waals surface area contributed by atoms with Crippen molar-refractivity contribution < 1.29 is 28.0 Å². The van der Waals surface area contributed by atoms with Gasteiger partial charge in [-0.2, -0.15) is 13.2 Å². The van der Waals surface area contributed by atoms with Gasteiger partial charge in [0.1, 0.15) is 6.04 Å².